The molecular weight excluding hydrogens is 693 g/mol. The molecule has 0 bridgehead atoms. The van der Waals surface area contributed by atoms with Gasteiger partial charge in [0.2, 0.25) is 5.16 Å². The molecule has 0 saturated heterocycles. The number of thioether (sulfide) groups is 1. The number of carbonyl (C=O) groups is 2. The Morgan fingerprint density at radius 2 is 1.20 bits per heavy atom. The number of rotatable bonds is 16. The number of esters is 2. The van der Waals surface area contributed by atoms with Gasteiger partial charge in [0.05, 0.1) is 37.2 Å². The number of ether oxygens (including phenoxy) is 4. The van der Waals surface area contributed by atoms with Crippen LogP contribution in [0.5, 0.6) is 11.5 Å². The van der Waals surface area contributed by atoms with Gasteiger partial charge in [-0.2, -0.15) is 0 Å². The average molecular weight is 739 g/mol. The molecule has 2 aromatic heterocycles. The van der Waals surface area contributed by atoms with Crippen LogP contribution in [0, 0.1) is 13.8 Å². The van der Waals surface area contributed by atoms with Crippen molar-refractivity contribution in [1.29, 1.82) is 0 Å². The van der Waals surface area contributed by atoms with Crippen molar-refractivity contribution in [3.8, 4) is 11.5 Å². The van der Waals surface area contributed by atoms with Crippen LogP contribution in [0.15, 0.2) is 59.1 Å². The highest BCUT2D eigenvalue weighted by atomic mass is 32.2. The summed E-state index contributed by atoms with van der Waals surface area (Å²) in [6.07, 6.45) is 6.22. The number of nitrogens with zero attached hydrogens (tertiary/aromatic N) is 4. The van der Waals surface area contributed by atoms with Crippen LogP contribution >= 0.6 is 11.8 Å². The fourth-order valence-electron chi connectivity index (χ4n) is 4.60. The minimum absolute atomic E-state index is 0.156. The van der Waals surface area contributed by atoms with Crippen molar-refractivity contribution in [3.05, 3.63) is 82.2 Å². The fourth-order valence-corrected chi connectivity index (χ4v) is 5.37. The molecule has 0 aliphatic heterocycles. The number of nitrogens with one attached hydrogen (secondary N) is 2. The molecule has 13 nitrogen and oxygen atoms in total. The first kappa shape index (κ1) is 40.7. The van der Waals surface area contributed by atoms with E-state index < -0.39 is 22.7 Å². The van der Waals surface area contributed by atoms with E-state index >= 15 is 0 Å². The molecule has 4 aromatic rings. The summed E-state index contributed by atoms with van der Waals surface area (Å²) in [6.45, 7) is 14.2. The van der Waals surface area contributed by atoms with Gasteiger partial charge in [0.25, 0.3) is 0 Å². The summed E-state index contributed by atoms with van der Waals surface area (Å²) in [5.74, 6) is 1.55. The van der Waals surface area contributed by atoms with Crippen molar-refractivity contribution in [3.63, 3.8) is 0 Å². The largest absolute Gasteiger partial charge is 0.494 e. The first-order valence-corrected chi connectivity index (χ1v) is 19.2. The fraction of sp³-hybridized carbons (Fsp3) is 0.389. The lowest BCUT2D eigenvalue weighted by Crippen LogP contribution is -2.14. The second-order valence-electron chi connectivity index (χ2n) is 10.7. The molecule has 1 unspecified atom stereocenters. The first-order chi connectivity index (χ1) is 24.5. The van der Waals surface area contributed by atoms with Crippen LogP contribution in [0.3, 0.4) is 0 Å². The standard InChI is InChI=1S/C18H23N3O4S.C18H23N3O3S/c1-5-24-15-8-7-13(9-12(15)3)10-19-16-14(17(22)25-6-2)11-20-18(21-16)26(4)23;1-5-23-15-8-7-13(9-12(15)3)10-19-16-14(17(22)24-6-2)11-20-18(21-16)25-4/h7-9,11H,5-6,10H2,1-4H3,(H,19,20,21);7-9,11H,5-6,10H2,1-4H3,(H,19,20,21). The topological polar surface area (TPSA) is 164 Å². The molecule has 0 aliphatic carbocycles. The number of aryl methyl sites for hydroxylation is 2. The highest BCUT2D eigenvalue weighted by Crippen LogP contribution is 2.23. The van der Waals surface area contributed by atoms with Crippen LogP contribution in [0.4, 0.5) is 11.6 Å². The number of hydrogen-bond acceptors (Lipinski definition) is 14. The van der Waals surface area contributed by atoms with Crippen molar-refractivity contribution in [2.75, 3.05) is 49.6 Å². The van der Waals surface area contributed by atoms with Gasteiger partial charge in [-0.25, -0.2) is 29.5 Å². The van der Waals surface area contributed by atoms with Gasteiger partial charge in [-0.15, -0.1) is 0 Å². The zero-order valence-corrected chi connectivity index (χ0v) is 32.0. The number of benzene rings is 2. The molecule has 0 radical (unpaired) electrons. The van der Waals surface area contributed by atoms with Crippen LogP contribution in [-0.4, -0.2) is 75.0 Å². The Morgan fingerprint density at radius 3 is 1.61 bits per heavy atom. The van der Waals surface area contributed by atoms with Crippen LogP contribution in [0.25, 0.3) is 0 Å². The Morgan fingerprint density at radius 1 is 0.725 bits per heavy atom. The molecule has 0 aliphatic rings. The molecule has 2 heterocycles. The minimum atomic E-state index is -1.35. The summed E-state index contributed by atoms with van der Waals surface area (Å²) >= 11 is 1.42. The smallest absolute Gasteiger partial charge is 0.343 e. The van der Waals surface area contributed by atoms with Crippen LogP contribution in [0.1, 0.15) is 70.7 Å². The van der Waals surface area contributed by atoms with Gasteiger partial charge < -0.3 is 29.6 Å². The molecule has 51 heavy (non-hydrogen) atoms. The maximum atomic E-state index is 12.1. The lowest BCUT2D eigenvalue weighted by Gasteiger charge is -2.12. The molecule has 0 amide bonds. The van der Waals surface area contributed by atoms with E-state index in [-0.39, 0.29) is 17.3 Å². The Kier molecular flexibility index (Phi) is 16.6. The Balaban J connectivity index is 0.000000276. The zero-order chi connectivity index (χ0) is 37.3. The third kappa shape index (κ3) is 12.2. The number of carbonyl (C=O) groups excluding carboxylic acids is 2. The molecule has 0 spiro atoms. The first-order valence-electron chi connectivity index (χ1n) is 16.4. The SMILES string of the molecule is CCOC(=O)c1cnc(S(C)=O)nc1NCc1ccc(OCC)c(C)c1.CCOC(=O)c1cnc(SC)nc1NCc1ccc(OCC)c(C)c1. The van der Waals surface area contributed by atoms with Gasteiger partial charge in [-0.05, 0) is 82.2 Å². The van der Waals surface area contributed by atoms with E-state index in [9.17, 15) is 13.8 Å². The monoisotopic (exact) mass is 738 g/mol. The second kappa shape index (κ2) is 20.8. The van der Waals surface area contributed by atoms with Crippen LogP contribution in [0.2, 0.25) is 0 Å². The normalized spacial score (nSPS) is 11.1. The summed E-state index contributed by atoms with van der Waals surface area (Å²) in [5, 5.41) is 7.08. The highest BCUT2D eigenvalue weighted by Gasteiger charge is 2.18. The summed E-state index contributed by atoms with van der Waals surface area (Å²) in [5.41, 5.74) is 4.71. The summed E-state index contributed by atoms with van der Waals surface area (Å²) < 4.78 is 32.9. The lowest BCUT2D eigenvalue weighted by molar-refractivity contribution is 0.0516. The second-order valence-corrected chi connectivity index (χ2v) is 12.7. The molecule has 15 heteroatoms. The van der Waals surface area contributed by atoms with Gasteiger partial charge in [-0.1, -0.05) is 36.0 Å². The van der Waals surface area contributed by atoms with Crippen LogP contribution in [-0.2, 0) is 33.4 Å². The molecule has 0 saturated carbocycles. The summed E-state index contributed by atoms with van der Waals surface area (Å²) in [4.78, 5) is 40.9. The van der Waals surface area contributed by atoms with E-state index in [0.717, 1.165) is 33.8 Å². The van der Waals surface area contributed by atoms with E-state index in [1.165, 1.54) is 30.4 Å². The average Bonchev–Trinajstić information content (AvgIpc) is 3.12. The Hall–Kier alpha value is -4.76. The van der Waals surface area contributed by atoms with Gasteiger partial charge in [0.15, 0.2) is 5.16 Å². The van der Waals surface area contributed by atoms with Gasteiger partial charge >= 0.3 is 11.9 Å². The zero-order valence-electron chi connectivity index (χ0n) is 30.3. The predicted octanol–water partition coefficient (Wildman–Crippen LogP) is 6.40. The van der Waals surface area contributed by atoms with Crippen molar-refractivity contribution in [1.82, 2.24) is 19.9 Å². The molecule has 2 N–H and O–H groups in total. The van der Waals surface area contributed by atoms with Gasteiger partial charge in [0, 0.05) is 31.7 Å². The maximum Gasteiger partial charge on any atom is 0.343 e. The molecule has 2 aromatic carbocycles. The minimum Gasteiger partial charge on any atom is -0.494 e. The predicted molar refractivity (Wildman–Crippen MR) is 199 cm³/mol. The van der Waals surface area contributed by atoms with Crippen molar-refractivity contribution in [2.45, 2.75) is 64.9 Å². The molecule has 274 valence electrons. The number of aromatic nitrogens is 4. The molecule has 0 fully saturated rings. The Labute approximate surface area is 306 Å². The molecule has 4 rings (SSSR count). The van der Waals surface area contributed by atoms with Crippen LogP contribution < -0.4 is 20.1 Å². The van der Waals surface area contributed by atoms with E-state index in [4.69, 9.17) is 18.9 Å². The molecular formula is C36H46N6O7S2. The lowest BCUT2D eigenvalue weighted by atomic mass is 10.1. The summed E-state index contributed by atoms with van der Waals surface area (Å²) in [7, 11) is -1.35. The number of hydrogen-bond donors (Lipinski definition) is 2. The highest BCUT2D eigenvalue weighted by molar-refractivity contribution is 7.98. The molecule has 1 atom stereocenters. The van der Waals surface area contributed by atoms with E-state index in [1.54, 1.807) is 13.8 Å². The van der Waals surface area contributed by atoms with E-state index in [0.29, 0.717) is 55.3 Å². The van der Waals surface area contributed by atoms with Crippen molar-refractivity contribution < 1.29 is 32.7 Å². The maximum absolute atomic E-state index is 12.1. The summed E-state index contributed by atoms with van der Waals surface area (Å²) in [6, 6.07) is 11.9. The third-order valence-corrected chi connectivity index (χ3v) is 8.23. The van der Waals surface area contributed by atoms with E-state index in [2.05, 4.69) is 36.6 Å². The third-order valence-electron chi connectivity index (χ3n) is 6.96. The van der Waals surface area contributed by atoms with Gasteiger partial charge in [0.1, 0.15) is 34.3 Å². The Bertz CT molecular complexity index is 1810. The van der Waals surface area contributed by atoms with E-state index in [1.807, 2.05) is 64.3 Å². The van der Waals surface area contributed by atoms with Crippen molar-refractivity contribution >= 4 is 46.1 Å². The van der Waals surface area contributed by atoms with Gasteiger partial charge in [-0.3, -0.25) is 4.21 Å². The number of anilines is 2. The van der Waals surface area contributed by atoms with Crippen molar-refractivity contribution in [2.24, 2.45) is 0 Å². The quantitative estimate of drug-likeness (QED) is 0.0737.